The highest BCUT2D eigenvalue weighted by atomic mass is 16.5. The first-order chi connectivity index (χ1) is 8.97. The molecule has 0 aliphatic carbocycles. The summed E-state index contributed by atoms with van der Waals surface area (Å²) >= 11 is 0. The van der Waals surface area contributed by atoms with Gasteiger partial charge in [-0.15, -0.1) is 0 Å². The molecule has 1 saturated heterocycles. The Bertz CT molecular complexity index is 318. The third kappa shape index (κ3) is 6.22. The maximum Gasteiger partial charge on any atom is 0.305 e. The zero-order valence-electron chi connectivity index (χ0n) is 12.0. The summed E-state index contributed by atoms with van der Waals surface area (Å²) in [6, 6.07) is -0.389. The Balaban J connectivity index is 0.000000399. The molecule has 1 aliphatic rings. The van der Waals surface area contributed by atoms with Gasteiger partial charge in [0.15, 0.2) is 0 Å². The van der Waals surface area contributed by atoms with Crippen LogP contribution in [-0.4, -0.2) is 42.4 Å². The molecule has 0 aromatic rings. The highest BCUT2D eigenvalue weighted by Gasteiger charge is 2.29. The van der Waals surface area contributed by atoms with Gasteiger partial charge in [-0.2, -0.15) is 0 Å². The first-order valence-corrected chi connectivity index (χ1v) is 6.63. The number of ether oxygens (including phenoxy) is 1. The number of carbonyl (C=O) groups is 3. The minimum atomic E-state index is -0.396. The van der Waals surface area contributed by atoms with Gasteiger partial charge in [0, 0.05) is 19.4 Å². The van der Waals surface area contributed by atoms with E-state index in [1.165, 1.54) is 7.11 Å². The number of nitrogens with two attached hydrogens (primary N) is 1. The zero-order chi connectivity index (χ0) is 14.8. The van der Waals surface area contributed by atoms with Gasteiger partial charge in [0.2, 0.25) is 11.8 Å². The van der Waals surface area contributed by atoms with E-state index in [1.54, 1.807) is 4.90 Å². The fourth-order valence-corrected chi connectivity index (χ4v) is 1.88. The van der Waals surface area contributed by atoms with E-state index >= 15 is 0 Å². The number of hydrogen-bond donors (Lipinski definition) is 1. The molecule has 0 radical (unpaired) electrons. The molecule has 2 amide bonds. The average molecular weight is 272 g/mol. The van der Waals surface area contributed by atoms with Gasteiger partial charge in [-0.3, -0.25) is 14.4 Å². The van der Waals surface area contributed by atoms with Gasteiger partial charge in [0.05, 0.1) is 7.11 Å². The number of esters is 1. The number of amides is 2. The molecule has 1 rings (SSSR count). The Morgan fingerprint density at radius 2 is 2.05 bits per heavy atom. The second kappa shape index (κ2) is 9.35. The van der Waals surface area contributed by atoms with E-state index < -0.39 is 5.91 Å². The summed E-state index contributed by atoms with van der Waals surface area (Å²) < 4.78 is 4.35. The Morgan fingerprint density at radius 3 is 2.32 bits per heavy atom. The molecule has 110 valence electrons. The van der Waals surface area contributed by atoms with Crippen LogP contribution < -0.4 is 5.73 Å². The Labute approximate surface area is 114 Å². The molecule has 0 saturated carbocycles. The van der Waals surface area contributed by atoms with Gasteiger partial charge in [0.25, 0.3) is 0 Å². The minimum Gasteiger partial charge on any atom is -0.469 e. The summed E-state index contributed by atoms with van der Waals surface area (Å²) in [6.07, 6.45) is 3.43. The van der Waals surface area contributed by atoms with Gasteiger partial charge in [0.1, 0.15) is 6.04 Å². The molecule has 0 bridgehead atoms. The molecule has 6 heteroatoms. The number of rotatable bonds is 5. The van der Waals surface area contributed by atoms with Crippen LogP contribution in [0.25, 0.3) is 0 Å². The zero-order valence-corrected chi connectivity index (χ0v) is 12.0. The SMILES string of the molecule is CCC(C(N)=O)N1CCCC1=O.CCCC(=O)OC. The highest BCUT2D eigenvalue weighted by molar-refractivity contribution is 5.87. The predicted octanol–water partition coefficient (Wildman–Crippen LogP) is 0.832. The Morgan fingerprint density at radius 1 is 1.42 bits per heavy atom. The van der Waals surface area contributed by atoms with Gasteiger partial charge >= 0.3 is 5.97 Å². The van der Waals surface area contributed by atoms with Crippen molar-refractivity contribution >= 4 is 17.8 Å². The lowest BCUT2D eigenvalue weighted by Gasteiger charge is -2.23. The van der Waals surface area contributed by atoms with Crippen LogP contribution in [0.2, 0.25) is 0 Å². The molecule has 1 heterocycles. The summed E-state index contributed by atoms with van der Waals surface area (Å²) in [5.74, 6) is -0.462. The van der Waals surface area contributed by atoms with Crippen LogP contribution in [0.4, 0.5) is 0 Å². The van der Waals surface area contributed by atoms with E-state index in [9.17, 15) is 14.4 Å². The van der Waals surface area contributed by atoms with Crippen molar-refractivity contribution < 1.29 is 19.1 Å². The molecule has 0 aromatic heterocycles. The molecular weight excluding hydrogens is 248 g/mol. The van der Waals surface area contributed by atoms with Crippen LogP contribution in [0.5, 0.6) is 0 Å². The van der Waals surface area contributed by atoms with E-state index in [2.05, 4.69) is 4.74 Å². The molecule has 6 nitrogen and oxygen atoms in total. The maximum absolute atomic E-state index is 11.2. The van der Waals surface area contributed by atoms with E-state index in [4.69, 9.17) is 5.73 Å². The van der Waals surface area contributed by atoms with Crippen LogP contribution in [0.1, 0.15) is 46.0 Å². The first-order valence-electron chi connectivity index (χ1n) is 6.63. The highest BCUT2D eigenvalue weighted by Crippen LogP contribution is 2.15. The summed E-state index contributed by atoms with van der Waals surface area (Å²) in [4.78, 5) is 33.9. The quantitative estimate of drug-likeness (QED) is 0.751. The molecule has 0 spiro atoms. The average Bonchev–Trinajstić information content (AvgIpc) is 2.77. The van der Waals surface area contributed by atoms with Crippen molar-refractivity contribution in [2.75, 3.05) is 13.7 Å². The second-order valence-corrected chi connectivity index (χ2v) is 4.34. The van der Waals surface area contributed by atoms with Crippen molar-refractivity contribution in [2.45, 2.75) is 52.0 Å². The van der Waals surface area contributed by atoms with Gasteiger partial charge in [-0.25, -0.2) is 0 Å². The molecule has 1 atom stereocenters. The third-order valence-electron chi connectivity index (χ3n) is 2.88. The fourth-order valence-electron chi connectivity index (χ4n) is 1.88. The summed E-state index contributed by atoms with van der Waals surface area (Å²) in [7, 11) is 1.40. The van der Waals surface area contributed by atoms with Crippen LogP contribution in [0, 0.1) is 0 Å². The second-order valence-electron chi connectivity index (χ2n) is 4.34. The number of hydrogen-bond acceptors (Lipinski definition) is 4. The van der Waals surface area contributed by atoms with Gasteiger partial charge < -0.3 is 15.4 Å². The monoisotopic (exact) mass is 272 g/mol. The van der Waals surface area contributed by atoms with E-state index in [0.717, 1.165) is 12.8 Å². The van der Waals surface area contributed by atoms with Crippen molar-refractivity contribution in [1.82, 2.24) is 4.90 Å². The van der Waals surface area contributed by atoms with Crippen LogP contribution in [0.15, 0.2) is 0 Å². The predicted molar refractivity (Wildman–Crippen MR) is 71.1 cm³/mol. The topological polar surface area (TPSA) is 89.7 Å². The lowest BCUT2D eigenvalue weighted by Crippen LogP contribution is -2.44. The number of nitrogens with zero attached hydrogens (tertiary/aromatic N) is 1. The van der Waals surface area contributed by atoms with Crippen molar-refractivity contribution in [3.05, 3.63) is 0 Å². The normalized spacial score (nSPS) is 15.5. The van der Waals surface area contributed by atoms with Crippen molar-refractivity contribution in [1.29, 1.82) is 0 Å². The number of likely N-dealkylation sites (tertiary alicyclic amines) is 1. The van der Waals surface area contributed by atoms with E-state index in [1.807, 2.05) is 13.8 Å². The van der Waals surface area contributed by atoms with Crippen LogP contribution >= 0.6 is 0 Å². The Hall–Kier alpha value is -1.59. The largest absolute Gasteiger partial charge is 0.469 e. The lowest BCUT2D eigenvalue weighted by atomic mass is 10.2. The van der Waals surface area contributed by atoms with Crippen LogP contribution in [-0.2, 0) is 19.1 Å². The van der Waals surface area contributed by atoms with E-state index in [-0.39, 0.29) is 17.9 Å². The summed E-state index contributed by atoms with van der Waals surface area (Å²) in [5, 5.41) is 0. The number of carbonyl (C=O) groups excluding carboxylic acids is 3. The lowest BCUT2D eigenvalue weighted by molar-refractivity contribution is -0.140. The van der Waals surface area contributed by atoms with Crippen molar-refractivity contribution in [3.63, 3.8) is 0 Å². The molecule has 0 aromatic carbocycles. The molecule has 1 fully saturated rings. The van der Waals surface area contributed by atoms with Crippen molar-refractivity contribution in [3.8, 4) is 0 Å². The van der Waals surface area contributed by atoms with Gasteiger partial charge in [-0.1, -0.05) is 13.8 Å². The van der Waals surface area contributed by atoms with Gasteiger partial charge in [-0.05, 0) is 19.3 Å². The maximum atomic E-state index is 11.2. The minimum absolute atomic E-state index is 0.0562. The molecule has 1 aliphatic heterocycles. The first kappa shape index (κ1) is 17.4. The van der Waals surface area contributed by atoms with Crippen LogP contribution in [0.3, 0.4) is 0 Å². The number of methoxy groups -OCH3 is 1. The molecule has 2 N–H and O–H groups in total. The fraction of sp³-hybridized carbons (Fsp3) is 0.769. The number of primary amides is 1. The Kier molecular flexibility index (Phi) is 8.57. The smallest absolute Gasteiger partial charge is 0.305 e. The summed E-state index contributed by atoms with van der Waals surface area (Å²) in [6.45, 7) is 4.48. The molecular formula is C13H24N2O4. The standard InChI is InChI=1S/C8H14N2O2.C5H10O2/c1-2-6(8(9)12)10-5-3-4-7(10)11;1-3-4-5(6)7-2/h6H,2-5H2,1H3,(H2,9,12);3-4H2,1-2H3. The van der Waals surface area contributed by atoms with E-state index in [0.29, 0.717) is 25.8 Å². The summed E-state index contributed by atoms with van der Waals surface area (Å²) in [5.41, 5.74) is 5.16. The molecule has 1 unspecified atom stereocenters. The molecule has 19 heavy (non-hydrogen) atoms. The third-order valence-corrected chi connectivity index (χ3v) is 2.88. The van der Waals surface area contributed by atoms with Crippen molar-refractivity contribution in [2.24, 2.45) is 5.73 Å².